The maximum Gasteiger partial charge on any atom is -0.0398 e. The minimum atomic E-state index is -1.96. The number of hydrogen-bond acceptors (Lipinski definition) is 2. The van der Waals surface area contributed by atoms with E-state index in [1.807, 2.05) is 63.1 Å². The first-order chi connectivity index (χ1) is 18.8. The summed E-state index contributed by atoms with van der Waals surface area (Å²) in [4.78, 5) is 0. The molecule has 0 saturated carbocycles. The maximum absolute atomic E-state index is 10.8. The van der Waals surface area contributed by atoms with Crippen LogP contribution in [0.5, 0.6) is 11.5 Å². The summed E-state index contributed by atoms with van der Waals surface area (Å²) in [5.41, 5.74) is 11.4. The summed E-state index contributed by atoms with van der Waals surface area (Å²) in [6.45, 7) is 7.61. The zero-order valence-corrected chi connectivity index (χ0v) is 26.8. The quantitative estimate of drug-likeness (QED) is 0.345. The van der Waals surface area contributed by atoms with Gasteiger partial charge < -0.3 is 10.2 Å². The zero-order chi connectivity index (χ0) is 27.6. The average Bonchev–Trinajstić information content (AvgIpc) is 3.41. The van der Waals surface area contributed by atoms with Crippen LogP contribution in [0.4, 0.5) is 0 Å². The fourth-order valence-corrected chi connectivity index (χ4v) is 23.6. The first-order valence-electron chi connectivity index (χ1n) is 15.1. The van der Waals surface area contributed by atoms with Gasteiger partial charge in [0.2, 0.25) is 0 Å². The normalized spacial score (nSPS) is 23.1. The predicted octanol–water partition coefficient (Wildman–Crippen LogP) is 9.20. The Morgan fingerprint density at radius 3 is 1.36 bits per heavy atom. The molecule has 4 aliphatic carbocycles. The molecule has 204 valence electrons. The second-order valence-corrected chi connectivity index (χ2v) is 24.0. The van der Waals surface area contributed by atoms with Gasteiger partial charge in [-0.05, 0) is 27.7 Å². The van der Waals surface area contributed by atoms with Crippen molar-refractivity contribution in [3.05, 3.63) is 105 Å². The molecule has 2 atom stereocenters. The van der Waals surface area contributed by atoms with Crippen molar-refractivity contribution in [2.45, 2.75) is 94.6 Å². The molecule has 2 nitrogen and oxygen atoms in total. The Balaban J connectivity index is 0.000000143. The van der Waals surface area contributed by atoms with Crippen LogP contribution >= 0.6 is 0 Å². The van der Waals surface area contributed by atoms with Crippen molar-refractivity contribution in [1.29, 1.82) is 0 Å². The third-order valence-corrected chi connectivity index (χ3v) is 22.4. The van der Waals surface area contributed by atoms with Crippen molar-refractivity contribution in [2.24, 2.45) is 0 Å². The summed E-state index contributed by atoms with van der Waals surface area (Å²) in [5, 5.41) is 21.5. The van der Waals surface area contributed by atoms with Gasteiger partial charge in [0.15, 0.2) is 0 Å². The van der Waals surface area contributed by atoms with E-state index in [0.717, 1.165) is 29.5 Å². The number of rotatable bonds is 2. The summed E-state index contributed by atoms with van der Waals surface area (Å²) in [6.07, 6.45) is 21.9. The van der Waals surface area contributed by atoms with Crippen LogP contribution in [-0.4, -0.2) is 0 Å². The molecular formula is C36H44O2Zr. The summed E-state index contributed by atoms with van der Waals surface area (Å²) in [7, 11) is 0. The molecule has 0 spiro atoms. The van der Waals surface area contributed by atoms with E-state index in [-0.39, 0.29) is 11.5 Å². The van der Waals surface area contributed by atoms with Gasteiger partial charge in [0.05, 0.1) is 0 Å². The molecule has 1 saturated heterocycles. The average molecular weight is 600 g/mol. The van der Waals surface area contributed by atoms with Crippen LogP contribution in [0, 0.1) is 27.7 Å². The Morgan fingerprint density at radius 2 is 1.00 bits per heavy atom. The van der Waals surface area contributed by atoms with E-state index < -0.39 is 20.3 Å². The second kappa shape index (κ2) is 12.2. The minimum Gasteiger partial charge on any atom is -0.872 e. The molecule has 2 aromatic carbocycles. The van der Waals surface area contributed by atoms with Crippen molar-refractivity contribution >= 4 is 0 Å². The van der Waals surface area contributed by atoms with Gasteiger partial charge >= 0.3 is 134 Å². The fourth-order valence-electron chi connectivity index (χ4n) is 7.29. The van der Waals surface area contributed by atoms with Gasteiger partial charge in [0.25, 0.3) is 0 Å². The fraction of sp³-hybridized carbons (Fsp3) is 0.444. The van der Waals surface area contributed by atoms with Crippen molar-refractivity contribution in [3.8, 4) is 11.5 Å². The Kier molecular flexibility index (Phi) is 8.87. The molecule has 2 aromatic rings. The van der Waals surface area contributed by atoms with E-state index in [1.165, 1.54) is 51.4 Å². The third kappa shape index (κ3) is 6.30. The number of allylic oxidation sites excluding steroid dienone is 8. The molecule has 0 N–H and O–H groups in total. The molecule has 1 fully saturated rings. The molecule has 0 aromatic heterocycles. The summed E-state index contributed by atoms with van der Waals surface area (Å²) < 4.78 is 5.34. The molecule has 1 aliphatic heterocycles. The smallest absolute Gasteiger partial charge is 0.0398 e. The molecule has 0 bridgehead atoms. The standard InChI is InChI=1S/2C9H11.2C8H10O.C2H4.Zr/c2*1-2-5-9-7-3-6-8(9)4-1;2*1-6-3-4-8(9)7(2)5-6;1-2;/h2*3,6-7H,1-2,4-5H2;2*3-5,9H,1-2H3;1-2H2;/q;;;;;+2/p-2. The van der Waals surface area contributed by atoms with E-state index >= 15 is 0 Å². The number of benzene rings is 2. The van der Waals surface area contributed by atoms with Gasteiger partial charge in [-0.1, -0.05) is 58.7 Å². The SMILES string of the molecule is C1=C[CH]([Zr+2]2([CH]3C=CC4=C3CCCC4)[CH2][CH2]2)C2=C1CCCC2.Cc1ccc([O-])c(C)c1.Cc1ccc([O-])c(C)c1. The van der Waals surface area contributed by atoms with Gasteiger partial charge in [-0.2, -0.15) is 0 Å². The Morgan fingerprint density at radius 1 is 0.590 bits per heavy atom. The first kappa shape index (κ1) is 28.4. The van der Waals surface area contributed by atoms with Crippen molar-refractivity contribution < 1.29 is 30.5 Å². The summed E-state index contributed by atoms with van der Waals surface area (Å²) >= 11 is -1.96. The molecule has 39 heavy (non-hydrogen) atoms. The Bertz CT molecular complexity index is 1240. The number of hydrogen-bond donors (Lipinski definition) is 0. The van der Waals surface area contributed by atoms with Crippen LogP contribution in [0.1, 0.15) is 73.6 Å². The molecule has 1 heterocycles. The first-order valence-corrected chi connectivity index (χ1v) is 21.4. The van der Waals surface area contributed by atoms with Crippen molar-refractivity contribution in [1.82, 2.24) is 0 Å². The van der Waals surface area contributed by atoms with Crippen LogP contribution in [-0.2, 0) is 20.3 Å². The van der Waals surface area contributed by atoms with Crippen LogP contribution in [0.2, 0.25) is 15.5 Å². The van der Waals surface area contributed by atoms with Crippen molar-refractivity contribution in [3.63, 3.8) is 0 Å². The largest absolute Gasteiger partial charge is 0.872 e. The molecule has 7 rings (SSSR count). The summed E-state index contributed by atoms with van der Waals surface area (Å²) in [6, 6.07) is 10.6. The van der Waals surface area contributed by atoms with E-state index in [4.69, 9.17) is 0 Å². The molecular weight excluding hydrogens is 556 g/mol. The third-order valence-electron chi connectivity index (χ3n) is 9.57. The molecule has 2 unspecified atom stereocenters. The summed E-state index contributed by atoms with van der Waals surface area (Å²) in [5.74, 6) is 0.251. The Labute approximate surface area is 240 Å². The van der Waals surface area contributed by atoms with Gasteiger partial charge in [-0.15, -0.1) is 11.5 Å². The zero-order valence-electron chi connectivity index (χ0n) is 24.3. The molecule has 3 heteroatoms. The maximum atomic E-state index is 10.8. The minimum absolute atomic E-state index is 0.126. The number of aryl methyl sites for hydroxylation is 4. The van der Waals surface area contributed by atoms with Crippen LogP contribution < -0.4 is 10.2 Å². The topological polar surface area (TPSA) is 46.1 Å². The van der Waals surface area contributed by atoms with Crippen LogP contribution in [0.3, 0.4) is 0 Å². The monoisotopic (exact) mass is 598 g/mol. The van der Waals surface area contributed by atoms with Gasteiger partial charge in [-0.3, -0.25) is 0 Å². The molecule has 5 aliphatic rings. The van der Waals surface area contributed by atoms with E-state index in [1.54, 1.807) is 31.5 Å². The van der Waals surface area contributed by atoms with Gasteiger partial charge in [0.1, 0.15) is 0 Å². The van der Waals surface area contributed by atoms with E-state index in [2.05, 4.69) is 24.3 Å². The van der Waals surface area contributed by atoms with Crippen LogP contribution in [0.15, 0.2) is 83.0 Å². The van der Waals surface area contributed by atoms with E-state index in [0.29, 0.717) is 0 Å². The van der Waals surface area contributed by atoms with Crippen molar-refractivity contribution in [2.75, 3.05) is 0 Å². The Hall–Kier alpha value is -2.12. The molecule has 0 amide bonds. The molecule has 0 radical (unpaired) electrons. The second-order valence-electron chi connectivity index (χ2n) is 12.5. The van der Waals surface area contributed by atoms with Gasteiger partial charge in [-0.25, -0.2) is 0 Å². The van der Waals surface area contributed by atoms with Gasteiger partial charge in [0, 0.05) is 0 Å². The van der Waals surface area contributed by atoms with E-state index in [9.17, 15) is 10.2 Å². The predicted molar refractivity (Wildman–Crippen MR) is 157 cm³/mol. The van der Waals surface area contributed by atoms with Crippen LogP contribution in [0.25, 0.3) is 0 Å².